The average Bonchev–Trinajstić information content (AvgIpc) is 3.11. The van der Waals surface area contributed by atoms with Crippen LogP contribution in [-0.4, -0.2) is 37.0 Å². The molecule has 4 rings (SSSR count). The van der Waals surface area contributed by atoms with Crippen molar-refractivity contribution in [3.8, 4) is 5.75 Å². The number of carbonyl (C=O) groups excluding carboxylic acids is 1. The Bertz CT molecular complexity index is 715. The minimum absolute atomic E-state index is 0.0731. The minimum Gasteiger partial charge on any atom is -0.489 e. The Hall–Kier alpha value is -2.49. The van der Waals surface area contributed by atoms with E-state index in [1.807, 2.05) is 29.2 Å². The Kier molecular flexibility index (Phi) is 3.66. The van der Waals surface area contributed by atoms with Crippen LogP contribution in [0.2, 0.25) is 0 Å². The molecule has 1 N–H and O–H groups in total. The summed E-state index contributed by atoms with van der Waals surface area (Å²) in [6.45, 7) is 2.96. The van der Waals surface area contributed by atoms with Gasteiger partial charge in [0.1, 0.15) is 6.61 Å². The molecule has 2 heterocycles. The zero-order valence-electron chi connectivity index (χ0n) is 13.0. The lowest BCUT2D eigenvalue weighted by Crippen LogP contribution is -2.30. The molecule has 0 aromatic heterocycles. The molecule has 1 atom stereocenters. The van der Waals surface area contributed by atoms with Gasteiger partial charge in [0.05, 0.1) is 11.3 Å². The van der Waals surface area contributed by atoms with E-state index in [1.165, 1.54) is 5.56 Å². The summed E-state index contributed by atoms with van der Waals surface area (Å²) < 4.78 is 5.74. The van der Waals surface area contributed by atoms with Crippen LogP contribution in [0.25, 0.3) is 0 Å². The summed E-state index contributed by atoms with van der Waals surface area (Å²) in [4.78, 5) is 14.9. The third-order valence-electron chi connectivity index (χ3n) is 4.66. The van der Waals surface area contributed by atoms with Gasteiger partial charge < -0.3 is 15.0 Å². The van der Waals surface area contributed by atoms with E-state index in [2.05, 4.69) is 29.6 Å². The van der Waals surface area contributed by atoms with Crippen LogP contribution in [0.1, 0.15) is 28.3 Å². The third kappa shape index (κ3) is 2.65. The zero-order chi connectivity index (χ0) is 15.6. The van der Waals surface area contributed by atoms with Crippen LogP contribution >= 0.6 is 0 Å². The number of nitrogens with one attached hydrogen (secondary N) is 1. The summed E-state index contributed by atoms with van der Waals surface area (Å²) in [6, 6.07) is 16.2. The summed E-state index contributed by atoms with van der Waals surface area (Å²) in [5.74, 6) is 1.20. The lowest BCUT2D eigenvalue weighted by atomic mass is 9.99. The van der Waals surface area contributed by atoms with E-state index < -0.39 is 0 Å². The molecule has 1 saturated heterocycles. The molecule has 4 heteroatoms. The van der Waals surface area contributed by atoms with E-state index in [-0.39, 0.29) is 5.91 Å². The molecule has 1 amide bonds. The number of fused-ring (bicyclic) bond motifs is 1. The van der Waals surface area contributed by atoms with Gasteiger partial charge in [-0.25, -0.2) is 0 Å². The van der Waals surface area contributed by atoms with E-state index in [4.69, 9.17) is 4.74 Å². The molecule has 0 radical (unpaired) electrons. The Labute approximate surface area is 136 Å². The second-order valence-electron chi connectivity index (χ2n) is 6.10. The highest BCUT2D eigenvalue weighted by Gasteiger charge is 2.30. The number of amides is 1. The van der Waals surface area contributed by atoms with Crippen molar-refractivity contribution in [1.82, 2.24) is 4.90 Å². The topological polar surface area (TPSA) is 41.6 Å². The smallest absolute Gasteiger partial charge is 0.257 e. The number of rotatable bonds is 2. The van der Waals surface area contributed by atoms with Crippen molar-refractivity contribution in [1.29, 1.82) is 0 Å². The number of ether oxygens (including phenoxy) is 1. The normalized spacial score (nSPS) is 19.7. The molecule has 2 aromatic carbocycles. The monoisotopic (exact) mass is 308 g/mol. The highest BCUT2D eigenvalue weighted by Crippen LogP contribution is 2.34. The largest absolute Gasteiger partial charge is 0.489 e. The van der Waals surface area contributed by atoms with Crippen molar-refractivity contribution >= 4 is 11.6 Å². The van der Waals surface area contributed by atoms with Crippen molar-refractivity contribution < 1.29 is 9.53 Å². The van der Waals surface area contributed by atoms with Gasteiger partial charge in [0.25, 0.3) is 5.91 Å². The highest BCUT2D eigenvalue weighted by molar-refractivity contribution is 5.99. The third-order valence-corrected chi connectivity index (χ3v) is 4.66. The predicted octanol–water partition coefficient (Wildman–Crippen LogP) is 3.12. The maximum absolute atomic E-state index is 12.9. The minimum atomic E-state index is 0.0731. The molecule has 23 heavy (non-hydrogen) atoms. The molecule has 2 aliphatic rings. The molecule has 0 aliphatic carbocycles. The standard InChI is InChI=1S/C19H20N2O2/c22-19(16-7-4-8-17-18(16)23-12-10-20-17)21-11-9-15(13-21)14-5-2-1-3-6-14/h1-8,15,20H,9-13H2. The molecule has 118 valence electrons. The maximum atomic E-state index is 12.9. The summed E-state index contributed by atoms with van der Waals surface area (Å²) in [6.07, 6.45) is 1.02. The fourth-order valence-corrected chi connectivity index (χ4v) is 3.45. The first-order chi connectivity index (χ1) is 11.3. The zero-order valence-corrected chi connectivity index (χ0v) is 13.0. The molecular weight excluding hydrogens is 288 g/mol. The molecule has 2 aliphatic heterocycles. The van der Waals surface area contributed by atoms with E-state index in [1.54, 1.807) is 0 Å². The highest BCUT2D eigenvalue weighted by atomic mass is 16.5. The molecule has 1 unspecified atom stereocenters. The molecule has 0 bridgehead atoms. The van der Waals surface area contributed by atoms with Crippen molar-refractivity contribution in [2.75, 3.05) is 31.6 Å². The van der Waals surface area contributed by atoms with Crippen LogP contribution in [-0.2, 0) is 0 Å². The van der Waals surface area contributed by atoms with E-state index >= 15 is 0 Å². The second-order valence-corrected chi connectivity index (χ2v) is 6.10. The number of anilines is 1. The van der Waals surface area contributed by atoms with E-state index in [9.17, 15) is 4.79 Å². The molecule has 0 saturated carbocycles. The quantitative estimate of drug-likeness (QED) is 0.927. The fraction of sp³-hybridized carbons (Fsp3) is 0.316. The van der Waals surface area contributed by atoms with Gasteiger partial charge in [-0.1, -0.05) is 36.4 Å². The van der Waals surface area contributed by atoms with Crippen molar-refractivity contribution in [3.63, 3.8) is 0 Å². The number of carbonyl (C=O) groups is 1. The summed E-state index contributed by atoms with van der Waals surface area (Å²) in [5.41, 5.74) is 2.90. The molecule has 2 aromatic rings. The van der Waals surface area contributed by atoms with Gasteiger partial charge in [-0.2, -0.15) is 0 Å². The number of nitrogens with zero attached hydrogens (tertiary/aromatic N) is 1. The van der Waals surface area contributed by atoms with Crippen LogP contribution < -0.4 is 10.1 Å². The number of para-hydroxylation sites is 1. The fourth-order valence-electron chi connectivity index (χ4n) is 3.45. The van der Waals surface area contributed by atoms with Crippen molar-refractivity contribution in [2.45, 2.75) is 12.3 Å². The van der Waals surface area contributed by atoms with E-state index in [0.717, 1.165) is 31.7 Å². The van der Waals surface area contributed by atoms with Crippen molar-refractivity contribution in [2.24, 2.45) is 0 Å². The number of likely N-dealkylation sites (tertiary alicyclic amines) is 1. The van der Waals surface area contributed by atoms with Crippen molar-refractivity contribution in [3.05, 3.63) is 59.7 Å². The first-order valence-electron chi connectivity index (χ1n) is 8.17. The lowest BCUT2D eigenvalue weighted by molar-refractivity contribution is 0.0786. The SMILES string of the molecule is O=C(c1cccc2c1OCCN2)N1CCC(c2ccccc2)C1. The van der Waals surface area contributed by atoms with E-state index in [0.29, 0.717) is 23.8 Å². The van der Waals surface area contributed by atoms with Gasteiger partial charge in [0.2, 0.25) is 0 Å². The van der Waals surface area contributed by atoms with Crippen LogP contribution in [0, 0.1) is 0 Å². The number of hydrogen-bond acceptors (Lipinski definition) is 3. The average molecular weight is 308 g/mol. The van der Waals surface area contributed by atoms with Crippen LogP contribution in [0.4, 0.5) is 5.69 Å². The Morgan fingerprint density at radius 3 is 2.87 bits per heavy atom. The van der Waals surface area contributed by atoms with Crippen LogP contribution in [0.5, 0.6) is 5.75 Å². The maximum Gasteiger partial charge on any atom is 0.257 e. The first kappa shape index (κ1) is 14.1. The molecule has 1 fully saturated rings. The Balaban J connectivity index is 1.55. The number of benzene rings is 2. The molecule has 0 spiro atoms. The van der Waals surface area contributed by atoms with Gasteiger partial charge in [0.15, 0.2) is 5.75 Å². The van der Waals surface area contributed by atoms with Gasteiger partial charge in [-0.15, -0.1) is 0 Å². The summed E-state index contributed by atoms with van der Waals surface area (Å²) in [7, 11) is 0. The number of hydrogen-bond donors (Lipinski definition) is 1. The summed E-state index contributed by atoms with van der Waals surface area (Å²) >= 11 is 0. The predicted molar refractivity (Wildman–Crippen MR) is 90.1 cm³/mol. The molecule has 4 nitrogen and oxygen atoms in total. The lowest BCUT2D eigenvalue weighted by Gasteiger charge is -2.24. The van der Waals surface area contributed by atoms with Gasteiger partial charge in [0, 0.05) is 25.6 Å². The van der Waals surface area contributed by atoms with Gasteiger partial charge in [-0.3, -0.25) is 4.79 Å². The van der Waals surface area contributed by atoms with Crippen LogP contribution in [0.15, 0.2) is 48.5 Å². The Morgan fingerprint density at radius 2 is 2.00 bits per heavy atom. The first-order valence-corrected chi connectivity index (χ1v) is 8.17. The Morgan fingerprint density at radius 1 is 1.13 bits per heavy atom. The molecular formula is C19H20N2O2. The van der Waals surface area contributed by atoms with Crippen LogP contribution in [0.3, 0.4) is 0 Å². The van der Waals surface area contributed by atoms with Gasteiger partial charge >= 0.3 is 0 Å². The second kappa shape index (κ2) is 5.95. The van der Waals surface area contributed by atoms with Gasteiger partial charge in [-0.05, 0) is 24.1 Å². The summed E-state index contributed by atoms with van der Waals surface area (Å²) in [5, 5.41) is 3.29.